The van der Waals surface area contributed by atoms with Crippen molar-refractivity contribution in [2.75, 3.05) is 12.3 Å². The van der Waals surface area contributed by atoms with Gasteiger partial charge in [-0.2, -0.15) is 0 Å². The van der Waals surface area contributed by atoms with E-state index in [0.29, 0.717) is 18.3 Å². The van der Waals surface area contributed by atoms with E-state index >= 15 is 0 Å². The van der Waals surface area contributed by atoms with Crippen molar-refractivity contribution in [2.45, 2.75) is 64.4 Å². The lowest BCUT2D eigenvalue weighted by atomic mass is 9.99. The van der Waals surface area contributed by atoms with Crippen LogP contribution in [-0.2, 0) is 10.3 Å². The summed E-state index contributed by atoms with van der Waals surface area (Å²) < 4.78 is 6.92. The van der Waals surface area contributed by atoms with Gasteiger partial charge in [0.05, 0.1) is 9.26 Å². The summed E-state index contributed by atoms with van der Waals surface area (Å²) >= 11 is 2.28. The Morgan fingerprint density at radius 1 is 1.30 bits per heavy atom. The van der Waals surface area contributed by atoms with E-state index in [1.807, 2.05) is 6.92 Å². The van der Waals surface area contributed by atoms with Crippen molar-refractivity contribution in [3.05, 3.63) is 15.1 Å². The zero-order chi connectivity index (χ0) is 14.8. The average molecular weight is 389 g/mol. The highest BCUT2D eigenvalue weighted by Gasteiger charge is 2.31. The number of anilines is 1. The van der Waals surface area contributed by atoms with Crippen LogP contribution in [0.5, 0.6) is 0 Å². The molecule has 1 aliphatic rings. The predicted molar refractivity (Wildman–Crippen MR) is 89.6 cm³/mol. The molecule has 1 aromatic rings. The maximum absolute atomic E-state index is 6.12. The van der Waals surface area contributed by atoms with E-state index in [0.717, 1.165) is 21.5 Å². The smallest absolute Gasteiger partial charge is 0.162 e. The summed E-state index contributed by atoms with van der Waals surface area (Å²) in [6.07, 6.45) is 5.84. The minimum atomic E-state index is -0.444. The van der Waals surface area contributed by atoms with Gasteiger partial charge in [-0.3, -0.25) is 0 Å². The number of aromatic nitrogens is 2. The van der Waals surface area contributed by atoms with Gasteiger partial charge in [-0.05, 0) is 55.7 Å². The van der Waals surface area contributed by atoms with Crippen LogP contribution in [0.2, 0.25) is 0 Å². The summed E-state index contributed by atoms with van der Waals surface area (Å²) in [5.41, 5.74) is 6.81. The van der Waals surface area contributed by atoms with E-state index in [1.165, 1.54) is 25.7 Å². The number of nitrogen functional groups attached to an aromatic ring is 1. The van der Waals surface area contributed by atoms with Gasteiger partial charge in [0.1, 0.15) is 11.4 Å². The predicted octanol–water partition coefficient (Wildman–Crippen LogP) is 3.98. The van der Waals surface area contributed by atoms with Gasteiger partial charge in [-0.25, -0.2) is 9.97 Å². The Hall–Kier alpha value is -0.430. The molecule has 1 saturated carbocycles. The van der Waals surface area contributed by atoms with Gasteiger partial charge in [0.25, 0.3) is 0 Å². The van der Waals surface area contributed by atoms with E-state index < -0.39 is 5.60 Å². The highest BCUT2D eigenvalue weighted by Crippen LogP contribution is 2.38. The number of rotatable bonds is 5. The molecule has 1 aliphatic carbocycles. The molecule has 5 heteroatoms. The molecule has 2 N–H and O–H groups in total. The number of halogens is 1. The van der Waals surface area contributed by atoms with Crippen molar-refractivity contribution in [2.24, 2.45) is 0 Å². The normalized spacial score (nSPS) is 19.2. The van der Waals surface area contributed by atoms with Crippen LogP contribution in [0.15, 0.2) is 0 Å². The first-order chi connectivity index (χ1) is 9.51. The largest absolute Gasteiger partial charge is 0.383 e. The third-order valence-corrected chi connectivity index (χ3v) is 5.36. The molecule has 20 heavy (non-hydrogen) atoms. The van der Waals surface area contributed by atoms with Gasteiger partial charge in [-0.15, -0.1) is 0 Å². The maximum atomic E-state index is 6.12. The lowest BCUT2D eigenvalue weighted by molar-refractivity contribution is -0.0391. The second-order valence-corrected chi connectivity index (χ2v) is 6.71. The molecule has 112 valence electrons. The first-order valence-electron chi connectivity index (χ1n) is 7.49. The fraction of sp³-hybridized carbons (Fsp3) is 0.733. The molecule has 1 fully saturated rings. The summed E-state index contributed by atoms with van der Waals surface area (Å²) in [5.74, 6) is 1.87. The first-order valence-corrected chi connectivity index (χ1v) is 8.57. The van der Waals surface area contributed by atoms with Crippen molar-refractivity contribution in [1.29, 1.82) is 0 Å². The third kappa shape index (κ3) is 3.08. The molecule has 0 bridgehead atoms. The van der Waals surface area contributed by atoms with Crippen molar-refractivity contribution in [1.82, 2.24) is 9.97 Å². The topological polar surface area (TPSA) is 61.0 Å². The monoisotopic (exact) mass is 389 g/mol. The molecule has 0 radical (unpaired) electrons. The Bertz CT molecular complexity index is 474. The molecule has 1 heterocycles. The van der Waals surface area contributed by atoms with Gasteiger partial charge < -0.3 is 10.5 Å². The van der Waals surface area contributed by atoms with Crippen LogP contribution in [0.1, 0.15) is 70.3 Å². The molecule has 0 saturated heterocycles. The highest BCUT2D eigenvalue weighted by atomic mass is 127. The Labute approximate surface area is 135 Å². The fourth-order valence-electron chi connectivity index (χ4n) is 2.83. The van der Waals surface area contributed by atoms with E-state index in [1.54, 1.807) is 0 Å². The Kier molecular flexibility index (Phi) is 5.23. The molecule has 0 amide bonds. The van der Waals surface area contributed by atoms with E-state index in [9.17, 15) is 0 Å². The highest BCUT2D eigenvalue weighted by molar-refractivity contribution is 14.1. The fourth-order valence-corrected chi connectivity index (χ4v) is 3.51. The number of nitrogens with two attached hydrogens (primary N) is 1. The van der Waals surface area contributed by atoms with Gasteiger partial charge in [0.2, 0.25) is 0 Å². The summed E-state index contributed by atoms with van der Waals surface area (Å²) in [6, 6.07) is 0. The Balaban J connectivity index is 2.44. The van der Waals surface area contributed by atoms with Gasteiger partial charge in [0, 0.05) is 12.5 Å². The quantitative estimate of drug-likeness (QED) is 0.774. The molecule has 1 unspecified atom stereocenters. The van der Waals surface area contributed by atoms with Gasteiger partial charge in [-0.1, -0.05) is 19.8 Å². The van der Waals surface area contributed by atoms with Crippen molar-refractivity contribution in [3.63, 3.8) is 0 Å². The van der Waals surface area contributed by atoms with Crippen LogP contribution in [0.4, 0.5) is 5.82 Å². The standard InChI is InChI=1S/C15H24IN3O/c1-4-15(3,20-5-2)14-18-12(10-8-6-7-9-10)11(16)13(17)19-14/h10H,4-9H2,1-3H3,(H2,17,18,19). The molecule has 2 rings (SSSR count). The second-order valence-electron chi connectivity index (χ2n) is 5.63. The summed E-state index contributed by atoms with van der Waals surface area (Å²) in [5, 5.41) is 0. The van der Waals surface area contributed by atoms with Crippen molar-refractivity contribution >= 4 is 28.4 Å². The minimum Gasteiger partial charge on any atom is -0.383 e. The zero-order valence-electron chi connectivity index (χ0n) is 12.6. The molecular weight excluding hydrogens is 365 g/mol. The van der Waals surface area contributed by atoms with E-state index in [4.69, 9.17) is 15.5 Å². The summed E-state index contributed by atoms with van der Waals surface area (Å²) in [4.78, 5) is 9.35. The van der Waals surface area contributed by atoms with Gasteiger partial charge in [0.15, 0.2) is 5.82 Å². The third-order valence-electron chi connectivity index (χ3n) is 4.25. The van der Waals surface area contributed by atoms with Crippen LogP contribution in [0.3, 0.4) is 0 Å². The van der Waals surface area contributed by atoms with Crippen LogP contribution >= 0.6 is 22.6 Å². The summed E-state index contributed by atoms with van der Waals surface area (Å²) in [7, 11) is 0. The first kappa shape index (κ1) is 15.9. The minimum absolute atomic E-state index is 0.444. The van der Waals surface area contributed by atoms with Crippen LogP contribution < -0.4 is 5.73 Å². The number of nitrogens with zero attached hydrogens (tertiary/aromatic N) is 2. The molecule has 0 aliphatic heterocycles. The SMILES string of the molecule is CCOC(C)(CC)c1nc(N)c(I)c(C2CCCC2)n1. The van der Waals surface area contributed by atoms with E-state index in [-0.39, 0.29) is 0 Å². The van der Waals surface area contributed by atoms with Crippen LogP contribution in [0, 0.1) is 3.57 Å². The Morgan fingerprint density at radius 3 is 2.50 bits per heavy atom. The number of ether oxygens (including phenoxy) is 1. The average Bonchev–Trinajstić information content (AvgIpc) is 2.95. The Morgan fingerprint density at radius 2 is 1.95 bits per heavy atom. The lowest BCUT2D eigenvalue weighted by Crippen LogP contribution is -2.29. The van der Waals surface area contributed by atoms with Crippen LogP contribution in [-0.4, -0.2) is 16.6 Å². The molecule has 1 aromatic heterocycles. The van der Waals surface area contributed by atoms with E-state index in [2.05, 4.69) is 41.4 Å². The zero-order valence-corrected chi connectivity index (χ0v) is 14.7. The lowest BCUT2D eigenvalue weighted by Gasteiger charge is -2.28. The molecule has 4 nitrogen and oxygen atoms in total. The number of hydrogen-bond acceptors (Lipinski definition) is 4. The summed E-state index contributed by atoms with van der Waals surface area (Å²) in [6.45, 7) is 6.80. The molecule has 1 atom stereocenters. The van der Waals surface area contributed by atoms with Crippen molar-refractivity contribution < 1.29 is 4.74 Å². The second kappa shape index (κ2) is 6.56. The van der Waals surface area contributed by atoms with Crippen molar-refractivity contribution in [3.8, 4) is 0 Å². The number of hydrogen-bond donors (Lipinski definition) is 1. The van der Waals surface area contributed by atoms with Gasteiger partial charge >= 0.3 is 0 Å². The molecule has 0 aromatic carbocycles. The molecular formula is C15H24IN3O. The maximum Gasteiger partial charge on any atom is 0.162 e. The molecule has 0 spiro atoms. The van der Waals surface area contributed by atoms with Crippen LogP contribution in [0.25, 0.3) is 0 Å².